The summed E-state index contributed by atoms with van der Waals surface area (Å²) in [6, 6.07) is 21.6. The van der Waals surface area contributed by atoms with Crippen molar-refractivity contribution in [2.75, 3.05) is 0 Å². The first-order valence-electron chi connectivity index (χ1n) is 13.0. The van der Waals surface area contributed by atoms with Crippen LogP contribution in [0.2, 0.25) is 0 Å². The number of ether oxygens (including phenoxy) is 1. The topological polar surface area (TPSA) is 80.6 Å². The van der Waals surface area contributed by atoms with Gasteiger partial charge in [0.25, 0.3) is 5.91 Å². The van der Waals surface area contributed by atoms with Gasteiger partial charge < -0.3 is 19.7 Å². The molecule has 0 aliphatic heterocycles. The number of carbonyl (C=O) groups excluding carboxylic acids is 1. The molecule has 0 fully saturated rings. The number of aromatic nitrogens is 1. The number of aliphatic carboxylic acids is 1. The normalized spacial score (nSPS) is 12.9. The minimum Gasteiger partial charge on any atom is -0.479 e. The van der Waals surface area contributed by atoms with E-state index in [2.05, 4.69) is 61.8 Å². The fourth-order valence-corrected chi connectivity index (χ4v) is 4.68. The van der Waals surface area contributed by atoms with Crippen molar-refractivity contribution in [1.29, 1.82) is 0 Å². The van der Waals surface area contributed by atoms with Crippen LogP contribution in [-0.2, 0) is 11.3 Å². The Kier molecular flexibility index (Phi) is 7.91. The smallest absolute Gasteiger partial charge is 0.344 e. The molecule has 38 heavy (non-hydrogen) atoms. The highest BCUT2D eigenvalue weighted by molar-refractivity contribution is 5.99. The number of nitrogens with zero attached hydrogens (tertiary/aromatic N) is 1. The van der Waals surface area contributed by atoms with Crippen molar-refractivity contribution in [3.63, 3.8) is 0 Å². The van der Waals surface area contributed by atoms with Gasteiger partial charge in [-0.15, -0.1) is 0 Å². The number of hydrogen-bond acceptors (Lipinski definition) is 3. The van der Waals surface area contributed by atoms with Gasteiger partial charge in [-0.2, -0.15) is 0 Å². The van der Waals surface area contributed by atoms with E-state index in [0.29, 0.717) is 23.8 Å². The second-order valence-corrected chi connectivity index (χ2v) is 10.3. The molecule has 6 nitrogen and oxygen atoms in total. The van der Waals surface area contributed by atoms with E-state index in [0.717, 1.165) is 33.3 Å². The van der Waals surface area contributed by atoms with Gasteiger partial charge in [-0.25, -0.2) is 4.79 Å². The zero-order chi connectivity index (χ0) is 27.6. The van der Waals surface area contributed by atoms with E-state index >= 15 is 0 Å². The van der Waals surface area contributed by atoms with Crippen LogP contribution in [0.5, 0.6) is 5.75 Å². The molecular formula is C32H36N2O4. The van der Waals surface area contributed by atoms with Gasteiger partial charge >= 0.3 is 5.97 Å². The highest BCUT2D eigenvalue weighted by atomic mass is 16.5. The van der Waals surface area contributed by atoms with E-state index in [9.17, 15) is 9.59 Å². The van der Waals surface area contributed by atoms with Gasteiger partial charge in [0.1, 0.15) is 5.75 Å². The summed E-state index contributed by atoms with van der Waals surface area (Å²) >= 11 is 0. The lowest BCUT2D eigenvalue weighted by atomic mass is 9.99. The van der Waals surface area contributed by atoms with Crippen molar-refractivity contribution in [2.45, 2.75) is 66.2 Å². The average Bonchev–Trinajstić information content (AvgIpc) is 3.13. The molecule has 6 heteroatoms. The van der Waals surface area contributed by atoms with Gasteiger partial charge in [-0.1, -0.05) is 50.2 Å². The van der Waals surface area contributed by atoms with Gasteiger partial charge in [-0.3, -0.25) is 4.79 Å². The molecule has 1 aromatic heterocycles. The van der Waals surface area contributed by atoms with E-state index in [-0.39, 0.29) is 11.9 Å². The van der Waals surface area contributed by atoms with Crippen LogP contribution in [0.3, 0.4) is 0 Å². The summed E-state index contributed by atoms with van der Waals surface area (Å²) < 4.78 is 7.76. The third kappa shape index (κ3) is 5.75. The molecule has 1 unspecified atom stereocenters. The van der Waals surface area contributed by atoms with Crippen molar-refractivity contribution < 1.29 is 19.4 Å². The first kappa shape index (κ1) is 27.0. The quantitative estimate of drug-likeness (QED) is 0.259. The van der Waals surface area contributed by atoms with Crippen LogP contribution in [-0.4, -0.2) is 27.7 Å². The molecule has 0 bridgehead atoms. The Bertz CT molecular complexity index is 1470. The van der Waals surface area contributed by atoms with E-state index in [1.165, 1.54) is 12.5 Å². The standard InChI is InChI=1S/C32H36N2O4/c1-19(2)25-10-12-26(13-11-25)21(4)33-31(35)27-14-15-30-29(17-27)20(3)22(5)34(30)18-24-8-7-9-28(16-24)38-23(6)32(36)37/h7-17,19,21,23H,18H2,1-6H3,(H,33,35)(H,36,37)/t21-,23?/m0/s1. The van der Waals surface area contributed by atoms with E-state index < -0.39 is 12.1 Å². The third-order valence-corrected chi connectivity index (χ3v) is 7.25. The minimum absolute atomic E-state index is 0.102. The number of rotatable bonds is 9. The lowest BCUT2D eigenvalue weighted by molar-refractivity contribution is -0.144. The highest BCUT2D eigenvalue weighted by Crippen LogP contribution is 2.28. The molecule has 0 spiro atoms. The molecule has 2 N–H and O–H groups in total. The Morgan fingerprint density at radius 2 is 1.61 bits per heavy atom. The van der Waals surface area contributed by atoms with Crippen molar-refractivity contribution in [3.8, 4) is 5.75 Å². The molecule has 0 saturated carbocycles. The fourth-order valence-electron chi connectivity index (χ4n) is 4.68. The number of hydrogen-bond donors (Lipinski definition) is 2. The van der Waals surface area contributed by atoms with Crippen LogP contribution in [0.25, 0.3) is 10.9 Å². The van der Waals surface area contributed by atoms with Crippen LogP contribution < -0.4 is 10.1 Å². The number of aryl methyl sites for hydroxylation is 1. The number of amides is 1. The van der Waals surface area contributed by atoms with Crippen LogP contribution in [0.15, 0.2) is 66.7 Å². The highest BCUT2D eigenvalue weighted by Gasteiger charge is 2.17. The zero-order valence-electron chi connectivity index (χ0n) is 22.9. The fraction of sp³-hybridized carbons (Fsp3) is 0.312. The Hall–Kier alpha value is -4.06. The molecule has 0 radical (unpaired) electrons. The predicted octanol–water partition coefficient (Wildman–Crippen LogP) is 6.77. The lowest BCUT2D eigenvalue weighted by Crippen LogP contribution is -2.26. The number of carboxylic acid groups (broad SMARTS) is 1. The third-order valence-electron chi connectivity index (χ3n) is 7.25. The molecule has 4 aromatic rings. The van der Waals surface area contributed by atoms with E-state index in [1.54, 1.807) is 6.07 Å². The van der Waals surface area contributed by atoms with Crippen LogP contribution >= 0.6 is 0 Å². The number of benzene rings is 3. The first-order chi connectivity index (χ1) is 18.0. The van der Waals surface area contributed by atoms with Gasteiger partial charge in [0, 0.05) is 28.7 Å². The zero-order valence-corrected chi connectivity index (χ0v) is 22.9. The monoisotopic (exact) mass is 512 g/mol. The molecule has 1 heterocycles. The molecule has 0 aliphatic carbocycles. The molecular weight excluding hydrogens is 476 g/mol. The van der Waals surface area contributed by atoms with Crippen molar-refractivity contribution in [3.05, 3.63) is 100 Å². The van der Waals surface area contributed by atoms with Crippen molar-refractivity contribution in [1.82, 2.24) is 9.88 Å². The first-order valence-corrected chi connectivity index (χ1v) is 13.0. The summed E-state index contributed by atoms with van der Waals surface area (Å²) in [6.07, 6.45) is -0.923. The van der Waals surface area contributed by atoms with E-state index in [4.69, 9.17) is 9.84 Å². The minimum atomic E-state index is -1.00. The second-order valence-electron chi connectivity index (χ2n) is 10.3. The van der Waals surface area contributed by atoms with Gasteiger partial charge in [-0.05, 0) is 86.2 Å². The maximum Gasteiger partial charge on any atom is 0.344 e. The molecule has 198 valence electrons. The summed E-state index contributed by atoms with van der Waals surface area (Å²) in [4.78, 5) is 24.3. The van der Waals surface area contributed by atoms with Crippen LogP contribution in [0.4, 0.5) is 0 Å². The summed E-state index contributed by atoms with van der Waals surface area (Å²) in [7, 11) is 0. The largest absolute Gasteiger partial charge is 0.479 e. The summed E-state index contributed by atoms with van der Waals surface area (Å²) in [5.41, 5.74) is 7.26. The Balaban J connectivity index is 1.54. The molecule has 1 amide bonds. The molecule has 3 aromatic carbocycles. The average molecular weight is 513 g/mol. The van der Waals surface area contributed by atoms with Crippen LogP contribution in [0.1, 0.15) is 78.0 Å². The molecule has 2 atom stereocenters. The summed E-state index contributed by atoms with van der Waals surface area (Å²) in [5.74, 6) is -0.112. The maximum atomic E-state index is 13.1. The summed E-state index contributed by atoms with van der Waals surface area (Å²) in [6.45, 7) is 12.6. The Morgan fingerprint density at radius 3 is 2.26 bits per heavy atom. The number of nitrogens with one attached hydrogen (secondary N) is 1. The lowest BCUT2D eigenvalue weighted by Gasteiger charge is -2.16. The van der Waals surface area contributed by atoms with Gasteiger partial charge in [0.15, 0.2) is 6.10 Å². The van der Waals surface area contributed by atoms with Crippen molar-refractivity contribution >= 4 is 22.8 Å². The van der Waals surface area contributed by atoms with Crippen LogP contribution in [0, 0.1) is 13.8 Å². The predicted molar refractivity (Wildman–Crippen MR) is 151 cm³/mol. The van der Waals surface area contributed by atoms with E-state index in [1.807, 2.05) is 43.3 Å². The summed E-state index contributed by atoms with van der Waals surface area (Å²) in [5, 5.41) is 13.3. The number of fused-ring (bicyclic) bond motifs is 1. The molecule has 0 aliphatic rings. The Labute approximate surface area is 224 Å². The SMILES string of the molecule is Cc1c(C)n(Cc2cccc(OC(C)C(=O)O)c2)c2ccc(C(=O)N[C@@H](C)c3ccc(C(C)C)cc3)cc12. The molecule has 4 rings (SSSR count). The molecule has 0 saturated heterocycles. The van der Waals surface area contributed by atoms with Gasteiger partial charge in [0.05, 0.1) is 6.04 Å². The Morgan fingerprint density at radius 1 is 0.921 bits per heavy atom. The maximum absolute atomic E-state index is 13.1. The van der Waals surface area contributed by atoms with Gasteiger partial charge in [0.2, 0.25) is 0 Å². The van der Waals surface area contributed by atoms with Crippen molar-refractivity contribution in [2.24, 2.45) is 0 Å². The number of carbonyl (C=O) groups is 2. The number of carboxylic acids is 1. The second kappa shape index (κ2) is 11.1.